The third-order valence-corrected chi connectivity index (χ3v) is 3.40. The molecule has 0 radical (unpaired) electrons. The second-order valence-corrected chi connectivity index (χ2v) is 5.42. The van der Waals surface area contributed by atoms with E-state index in [1.807, 2.05) is 13.0 Å². The molecular weight excluding hydrogens is 248 g/mol. The lowest BCUT2D eigenvalue weighted by atomic mass is 10.0. The van der Waals surface area contributed by atoms with Crippen molar-refractivity contribution in [3.05, 3.63) is 52.8 Å². The van der Waals surface area contributed by atoms with Crippen LogP contribution in [0.4, 0.5) is 0 Å². The maximum Gasteiger partial charge on any atom is 0.135 e. The first kappa shape index (κ1) is 14.5. The number of hydrogen-bond acceptors (Lipinski definition) is 3. The van der Waals surface area contributed by atoms with Gasteiger partial charge in [-0.3, -0.25) is 4.98 Å². The Morgan fingerprint density at radius 3 is 2.55 bits per heavy atom. The molecule has 0 saturated heterocycles. The maximum absolute atomic E-state index is 6.08. The number of aryl methyl sites for hydroxylation is 2. The van der Waals surface area contributed by atoms with Crippen molar-refractivity contribution in [2.24, 2.45) is 5.73 Å². The molecule has 0 saturated carbocycles. The van der Waals surface area contributed by atoms with Crippen LogP contribution in [0.5, 0.6) is 11.5 Å². The lowest BCUT2D eigenvalue weighted by Gasteiger charge is -2.15. The molecule has 0 aliphatic carbocycles. The first-order chi connectivity index (χ1) is 9.51. The van der Waals surface area contributed by atoms with Crippen LogP contribution in [0, 0.1) is 13.8 Å². The fourth-order valence-electron chi connectivity index (χ4n) is 2.02. The van der Waals surface area contributed by atoms with Crippen LogP contribution >= 0.6 is 0 Å². The van der Waals surface area contributed by atoms with Gasteiger partial charge in [0.05, 0.1) is 0 Å². The van der Waals surface area contributed by atoms with Crippen molar-refractivity contribution in [2.45, 2.75) is 40.2 Å². The molecule has 2 N–H and O–H groups in total. The molecule has 0 atom stereocenters. The zero-order valence-corrected chi connectivity index (χ0v) is 12.6. The standard InChI is InChI=1S/C17H22N2O/c1-11(2)14-6-5-12(3)16(8-14)20-17-7-13(4)19-10-15(17)9-18/h5-8,10-11H,9,18H2,1-4H3. The van der Waals surface area contributed by atoms with Crippen LogP contribution in [0.15, 0.2) is 30.5 Å². The molecule has 0 spiro atoms. The fourth-order valence-corrected chi connectivity index (χ4v) is 2.02. The van der Waals surface area contributed by atoms with Gasteiger partial charge in [-0.15, -0.1) is 0 Å². The smallest absolute Gasteiger partial charge is 0.135 e. The summed E-state index contributed by atoms with van der Waals surface area (Å²) in [4.78, 5) is 4.26. The third-order valence-electron chi connectivity index (χ3n) is 3.40. The van der Waals surface area contributed by atoms with Crippen LogP contribution in [-0.2, 0) is 6.54 Å². The van der Waals surface area contributed by atoms with Gasteiger partial charge in [-0.25, -0.2) is 0 Å². The summed E-state index contributed by atoms with van der Waals surface area (Å²) in [5, 5.41) is 0. The van der Waals surface area contributed by atoms with Crippen LogP contribution in [0.3, 0.4) is 0 Å². The summed E-state index contributed by atoms with van der Waals surface area (Å²) in [6, 6.07) is 8.29. The number of benzene rings is 1. The second-order valence-electron chi connectivity index (χ2n) is 5.42. The average molecular weight is 270 g/mol. The molecule has 3 heteroatoms. The van der Waals surface area contributed by atoms with E-state index in [9.17, 15) is 0 Å². The Morgan fingerprint density at radius 2 is 1.90 bits per heavy atom. The maximum atomic E-state index is 6.08. The highest BCUT2D eigenvalue weighted by Crippen LogP contribution is 2.30. The molecule has 0 aliphatic rings. The van der Waals surface area contributed by atoms with Crippen molar-refractivity contribution in [1.29, 1.82) is 0 Å². The molecule has 0 bridgehead atoms. The van der Waals surface area contributed by atoms with E-state index in [1.165, 1.54) is 5.56 Å². The van der Waals surface area contributed by atoms with Gasteiger partial charge in [0.25, 0.3) is 0 Å². The first-order valence-electron chi connectivity index (χ1n) is 6.95. The molecule has 0 aliphatic heterocycles. The molecule has 2 aromatic rings. The lowest BCUT2D eigenvalue weighted by Crippen LogP contribution is -2.02. The third kappa shape index (κ3) is 3.17. The normalized spacial score (nSPS) is 10.9. The molecule has 1 heterocycles. The highest BCUT2D eigenvalue weighted by Gasteiger charge is 2.09. The van der Waals surface area contributed by atoms with E-state index in [2.05, 4.69) is 44.0 Å². The molecule has 1 aromatic heterocycles. The Kier molecular flexibility index (Phi) is 4.40. The Labute approximate surface area is 120 Å². The van der Waals surface area contributed by atoms with Crippen molar-refractivity contribution in [1.82, 2.24) is 4.98 Å². The van der Waals surface area contributed by atoms with Crippen molar-refractivity contribution in [3.8, 4) is 11.5 Å². The Morgan fingerprint density at radius 1 is 1.15 bits per heavy atom. The minimum absolute atomic E-state index is 0.422. The van der Waals surface area contributed by atoms with Gasteiger partial charge in [0.15, 0.2) is 0 Å². The van der Waals surface area contributed by atoms with E-state index in [4.69, 9.17) is 10.5 Å². The van der Waals surface area contributed by atoms with Crippen molar-refractivity contribution in [3.63, 3.8) is 0 Å². The monoisotopic (exact) mass is 270 g/mol. The van der Waals surface area contributed by atoms with Gasteiger partial charge < -0.3 is 10.5 Å². The van der Waals surface area contributed by atoms with Crippen LogP contribution in [-0.4, -0.2) is 4.98 Å². The van der Waals surface area contributed by atoms with Gasteiger partial charge in [-0.05, 0) is 37.0 Å². The molecule has 106 valence electrons. The quantitative estimate of drug-likeness (QED) is 0.911. The number of nitrogens with zero attached hydrogens (tertiary/aromatic N) is 1. The second kappa shape index (κ2) is 6.06. The predicted octanol–water partition coefficient (Wildman–Crippen LogP) is 4.07. The highest BCUT2D eigenvalue weighted by atomic mass is 16.5. The molecule has 3 nitrogen and oxygen atoms in total. The summed E-state index contributed by atoms with van der Waals surface area (Å²) in [6.07, 6.45) is 1.78. The molecule has 0 fully saturated rings. The molecule has 20 heavy (non-hydrogen) atoms. The summed E-state index contributed by atoms with van der Waals surface area (Å²) < 4.78 is 6.08. The summed E-state index contributed by atoms with van der Waals surface area (Å²) >= 11 is 0. The van der Waals surface area contributed by atoms with E-state index >= 15 is 0 Å². The Balaban J connectivity index is 2.39. The van der Waals surface area contributed by atoms with Gasteiger partial charge in [0, 0.05) is 30.1 Å². The van der Waals surface area contributed by atoms with Crippen LogP contribution in [0.1, 0.15) is 42.1 Å². The predicted molar refractivity (Wildman–Crippen MR) is 82.2 cm³/mol. The number of hydrogen-bond donors (Lipinski definition) is 1. The highest BCUT2D eigenvalue weighted by molar-refractivity contribution is 5.43. The Bertz CT molecular complexity index is 606. The van der Waals surface area contributed by atoms with Gasteiger partial charge in [0.1, 0.15) is 11.5 Å². The fraction of sp³-hybridized carbons (Fsp3) is 0.353. The van der Waals surface area contributed by atoms with Crippen LogP contribution in [0.2, 0.25) is 0 Å². The molecule has 0 unspecified atom stereocenters. The van der Waals surface area contributed by atoms with E-state index in [-0.39, 0.29) is 0 Å². The first-order valence-corrected chi connectivity index (χ1v) is 6.95. The minimum Gasteiger partial charge on any atom is -0.457 e. The van der Waals surface area contributed by atoms with E-state index in [0.29, 0.717) is 12.5 Å². The largest absolute Gasteiger partial charge is 0.457 e. The van der Waals surface area contributed by atoms with Gasteiger partial charge in [0.2, 0.25) is 0 Å². The van der Waals surface area contributed by atoms with Gasteiger partial charge in [-0.2, -0.15) is 0 Å². The summed E-state index contributed by atoms with van der Waals surface area (Å²) in [5.74, 6) is 2.16. The van der Waals surface area contributed by atoms with Crippen LogP contribution in [0.25, 0.3) is 0 Å². The van der Waals surface area contributed by atoms with Crippen molar-refractivity contribution < 1.29 is 4.74 Å². The van der Waals surface area contributed by atoms with Crippen molar-refractivity contribution in [2.75, 3.05) is 0 Å². The van der Waals surface area contributed by atoms with E-state index in [0.717, 1.165) is 28.3 Å². The number of aromatic nitrogens is 1. The van der Waals surface area contributed by atoms with Gasteiger partial charge >= 0.3 is 0 Å². The Hall–Kier alpha value is -1.87. The van der Waals surface area contributed by atoms with Crippen LogP contribution < -0.4 is 10.5 Å². The summed E-state index contributed by atoms with van der Waals surface area (Å²) in [5.41, 5.74) is 9.98. The molecule has 2 rings (SSSR count). The van der Waals surface area contributed by atoms with Crippen molar-refractivity contribution >= 4 is 0 Å². The molecular formula is C17H22N2O. The number of rotatable bonds is 4. The zero-order chi connectivity index (χ0) is 14.7. The number of pyridine rings is 1. The number of ether oxygens (including phenoxy) is 1. The SMILES string of the molecule is Cc1cc(Oc2cc(C(C)C)ccc2C)c(CN)cn1. The lowest BCUT2D eigenvalue weighted by molar-refractivity contribution is 0.470. The topological polar surface area (TPSA) is 48.1 Å². The zero-order valence-electron chi connectivity index (χ0n) is 12.6. The number of nitrogens with two attached hydrogens (primary N) is 1. The van der Waals surface area contributed by atoms with Gasteiger partial charge in [-0.1, -0.05) is 26.0 Å². The molecule has 1 aromatic carbocycles. The summed E-state index contributed by atoms with van der Waals surface area (Å²) in [7, 11) is 0. The van der Waals surface area contributed by atoms with E-state index in [1.54, 1.807) is 6.20 Å². The summed E-state index contributed by atoms with van der Waals surface area (Å²) in [6.45, 7) is 8.78. The minimum atomic E-state index is 0.422. The average Bonchev–Trinajstić information content (AvgIpc) is 2.41. The van der Waals surface area contributed by atoms with E-state index < -0.39 is 0 Å². The molecule has 0 amide bonds.